The molecule has 0 aliphatic carbocycles. The number of furan rings is 1. The second-order valence-electron chi connectivity index (χ2n) is 4.89. The van der Waals surface area contributed by atoms with Gasteiger partial charge < -0.3 is 15.5 Å². The number of nitrogens with zero attached hydrogens (tertiary/aromatic N) is 1. The Bertz CT molecular complexity index is 635. The molecule has 3 rings (SSSR count). The molecule has 0 saturated heterocycles. The van der Waals surface area contributed by atoms with Crippen LogP contribution in [-0.4, -0.2) is 18.8 Å². The molecule has 0 spiro atoms. The summed E-state index contributed by atoms with van der Waals surface area (Å²) in [6.45, 7) is 7.44. The maximum Gasteiger partial charge on any atom is 0.192 e. The predicted molar refractivity (Wildman–Crippen MR) is 93.3 cm³/mol. The lowest BCUT2D eigenvalue weighted by Crippen LogP contribution is -2.21. The first-order valence-corrected chi connectivity index (χ1v) is 7.80. The molecule has 0 amide bonds. The van der Waals surface area contributed by atoms with E-state index in [1.807, 2.05) is 38.2 Å². The number of fused-ring (bicyclic) bond motifs is 1. The number of rotatable bonds is 5. The van der Waals surface area contributed by atoms with E-state index in [9.17, 15) is 0 Å². The molecule has 115 valence electrons. The quantitative estimate of drug-likeness (QED) is 0.833. The fraction of sp³-hybridized carbons (Fsp3) is 0.353. The van der Waals surface area contributed by atoms with Crippen molar-refractivity contribution in [2.45, 2.75) is 33.7 Å². The minimum Gasteiger partial charge on any atom is -0.467 e. The summed E-state index contributed by atoms with van der Waals surface area (Å²) in [5.41, 5.74) is 11.5. The smallest absolute Gasteiger partial charge is 0.192 e. The molecule has 0 saturated carbocycles. The highest BCUT2D eigenvalue weighted by Crippen LogP contribution is 2.25. The third kappa shape index (κ3) is 3.42. The molecule has 3 heterocycles. The van der Waals surface area contributed by atoms with Gasteiger partial charge in [0.05, 0.1) is 18.5 Å². The summed E-state index contributed by atoms with van der Waals surface area (Å²) in [7, 11) is 2.19. The van der Waals surface area contributed by atoms with Gasteiger partial charge in [-0.3, -0.25) is 4.98 Å². The largest absolute Gasteiger partial charge is 0.467 e. The Morgan fingerprint density at radius 1 is 1.32 bits per heavy atom. The predicted octanol–water partition coefficient (Wildman–Crippen LogP) is 2.74. The average molecular weight is 296 g/mol. The normalized spacial score (nSPS) is 12.4. The molecule has 2 aromatic rings. The summed E-state index contributed by atoms with van der Waals surface area (Å²) in [5, 5.41) is 3.41. The van der Waals surface area contributed by atoms with Gasteiger partial charge in [0.25, 0.3) is 0 Å². The van der Waals surface area contributed by atoms with Gasteiger partial charge in [0.1, 0.15) is 5.76 Å². The van der Waals surface area contributed by atoms with Gasteiger partial charge in [-0.2, -0.15) is 0 Å². The molecule has 1 radical (unpaired) electrons. The third-order valence-electron chi connectivity index (χ3n) is 3.59. The number of nitrogens with one attached hydrogen (secondary N) is 1. The Hall–Kier alpha value is -2.01. The van der Waals surface area contributed by atoms with Crippen LogP contribution in [0.5, 0.6) is 0 Å². The van der Waals surface area contributed by atoms with Crippen LogP contribution in [0.3, 0.4) is 0 Å². The van der Waals surface area contributed by atoms with Gasteiger partial charge in [0, 0.05) is 11.9 Å². The molecule has 0 fully saturated rings. The molecule has 2 aromatic heterocycles. The molecule has 1 aliphatic heterocycles. The standard InChI is InChI=1S/C15H17BN3O.C2H6/c1-10-12(4-6-17)16-14-13(5-7-18-15(10)14)19-9-11-3-2-8-20-11;1-2/h2-3,5,7-8H,4,6,9,17H2,1H3,(H,18,19);1-2H3. The maximum atomic E-state index is 5.66. The van der Waals surface area contributed by atoms with Crippen LogP contribution in [0.1, 0.15) is 38.6 Å². The zero-order valence-corrected chi connectivity index (χ0v) is 13.5. The Morgan fingerprint density at radius 2 is 2.14 bits per heavy atom. The second-order valence-corrected chi connectivity index (χ2v) is 4.89. The summed E-state index contributed by atoms with van der Waals surface area (Å²) in [6.07, 6.45) is 4.41. The van der Waals surface area contributed by atoms with E-state index in [1.165, 1.54) is 11.0 Å². The Kier molecular flexibility index (Phi) is 5.84. The van der Waals surface area contributed by atoms with Gasteiger partial charge in [-0.15, -0.1) is 0 Å². The van der Waals surface area contributed by atoms with Crippen molar-refractivity contribution in [3.05, 3.63) is 47.6 Å². The van der Waals surface area contributed by atoms with Crippen LogP contribution in [0.4, 0.5) is 5.69 Å². The van der Waals surface area contributed by atoms with Gasteiger partial charge in [-0.05, 0) is 49.1 Å². The topological polar surface area (TPSA) is 64.1 Å². The number of anilines is 1. The van der Waals surface area contributed by atoms with Crippen LogP contribution in [0.15, 0.2) is 40.5 Å². The van der Waals surface area contributed by atoms with E-state index in [1.54, 1.807) is 6.26 Å². The molecule has 3 N–H and O–H groups in total. The highest BCUT2D eigenvalue weighted by Gasteiger charge is 2.22. The van der Waals surface area contributed by atoms with Crippen molar-refractivity contribution in [3.63, 3.8) is 0 Å². The highest BCUT2D eigenvalue weighted by molar-refractivity contribution is 6.67. The Labute approximate surface area is 133 Å². The molecule has 0 aromatic carbocycles. The Balaban J connectivity index is 0.000000847. The minimum absolute atomic E-state index is 0.659. The monoisotopic (exact) mass is 296 g/mol. The zero-order chi connectivity index (χ0) is 15.9. The first-order chi connectivity index (χ1) is 10.8. The van der Waals surface area contributed by atoms with Crippen molar-refractivity contribution in [1.82, 2.24) is 4.98 Å². The van der Waals surface area contributed by atoms with E-state index in [0.29, 0.717) is 13.1 Å². The van der Waals surface area contributed by atoms with E-state index in [-0.39, 0.29) is 0 Å². The lowest BCUT2D eigenvalue weighted by Gasteiger charge is -2.10. The molecule has 0 bridgehead atoms. The number of aromatic nitrogens is 1. The number of pyridine rings is 1. The molecule has 22 heavy (non-hydrogen) atoms. The van der Waals surface area contributed by atoms with Crippen molar-refractivity contribution in [2.24, 2.45) is 5.73 Å². The number of hydrogen-bond donors (Lipinski definition) is 2. The summed E-state index contributed by atoms with van der Waals surface area (Å²) in [5.74, 6) is 0.917. The molecule has 0 atom stereocenters. The van der Waals surface area contributed by atoms with E-state index < -0.39 is 0 Å². The Morgan fingerprint density at radius 3 is 2.82 bits per heavy atom. The summed E-state index contributed by atoms with van der Waals surface area (Å²) in [6, 6.07) is 5.85. The third-order valence-corrected chi connectivity index (χ3v) is 3.59. The fourth-order valence-electron chi connectivity index (χ4n) is 2.52. The van der Waals surface area contributed by atoms with Crippen molar-refractivity contribution < 1.29 is 4.42 Å². The van der Waals surface area contributed by atoms with Crippen LogP contribution < -0.4 is 16.5 Å². The number of hydrogen-bond acceptors (Lipinski definition) is 4. The van der Waals surface area contributed by atoms with Gasteiger partial charge in [-0.25, -0.2) is 0 Å². The van der Waals surface area contributed by atoms with Gasteiger partial charge in [0.2, 0.25) is 0 Å². The van der Waals surface area contributed by atoms with Crippen molar-refractivity contribution in [1.29, 1.82) is 0 Å². The van der Waals surface area contributed by atoms with Crippen LogP contribution in [0.25, 0.3) is 5.57 Å². The van der Waals surface area contributed by atoms with E-state index in [4.69, 9.17) is 10.2 Å². The molecule has 5 heteroatoms. The summed E-state index contributed by atoms with van der Waals surface area (Å²) in [4.78, 5) is 4.49. The molecule has 0 unspecified atom stereocenters. The second kappa shape index (κ2) is 7.85. The lowest BCUT2D eigenvalue weighted by molar-refractivity contribution is 0.518. The number of nitrogens with two attached hydrogens (primary N) is 1. The van der Waals surface area contributed by atoms with Crippen LogP contribution >= 0.6 is 0 Å². The van der Waals surface area contributed by atoms with E-state index in [2.05, 4.69) is 24.5 Å². The van der Waals surface area contributed by atoms with Gasteiger partial charge in [0.15, 0.2) is 7.28 Å². The fourth-order valence-corrected chi connectivity index (χ4v) is 2.52. The van der Waals surface area contributed by atoms with Gasteiger partial charge in [-0.1, -0.05) is 19.3 Å². The zero-order valence-electron chi connectivity index (χ0n) is 13.5. The molecule has 1 aliphatic rings. The van der Waals surface area contributed by atoms with E-state index >= 15 is 0 Å². The SMILES string of the molecule is CC.CC1=C(CCN)[B]c2c(NCc3ccco3)ccnc21. The summed E-state index contributed by atoms with van der Waals surface area (Å²) >= 11 is 0. The van der Waals surface area contributed by atoms with Crippen LogP contribution in [0, 0.1) is 0 Å². The molecular weight excluding hydrogens is 273 g/mol. The van der Waals surface area contributed by atoms with Crippen molar-refractivity contribution in [2.75, 3.05) is 11.9 Å². The average Bonchev–Trinajstić information content (AvgIpc) is 3.17. The summed E-state index contributed by atoms with van der Waals surface area (Å²) < 4.78 is 5.34. The minimum atomic E-state index is 0.659. The first-order valence-electron chi connectivity index (χ1n) is 7.80. The van der Waals surface area contributed by atoms with Crippen LogP contribution in [0.2, 0.25) is 0 Å². The van der Waals surface area contributed by atoms with Crippen molar-refractivity contribution >= 4 is 24.0 Å². The highest BCUT2D eigenvalue weighted by atomic mass is 16.3. The molecule has 4 nitrogen and oxygen atoms in total. The lowest BCUT2D eigenvalue weighted by atomic mass is 9.65. The van der Waals surface area contributed by atoms with Crippen molar-refractivity contribution in [3.8, 4) is 0 Å². The van der Waals surface area contributed by atoms with Crippen LogP contribution in [-0.2, 0) is 6.54 Å². The number of allylic oxidation sites excluding steroid dienone is 1. The molecular formula is C17H23BN3O. The first kappa shape index (κ1) is 16.4. The maximum absolute atomic E-state index is 5.66. The van der Waals surface area contributed by atoms with Gasteiger partial charge >= 0.3 is 0 Å². The van der Waals surface area contributed by atoms with E-state index in [0.717, 1.165) is 29.0 Å².